The van der Waals surface area contributed by atoms with Crippen molar-refractivity contribution in [1.82, 2.24) is 4.90 Å². The van der Waals surface area contributed by atoms with Gasteiger partial charge in [0.05, 0.1) is 4.92 Å². The van der Waals surface area contributed by atoms with E-state index in [1.165, 1.54) is 24.5 Å². The van der Waals surface area contributed by atoms with Crippen molar-refractivity contribution in [1.29, 1.82) is 0 Å². The number of anilines is 2. The molecule has 1 aliphatic heterocycles. The maximum atomic E-state index is 12.6. The first-order valence-corrected chi connectivity index (χ1v) is 11.5. The Labute approximate surface area is 202 Å². The maximum absolute atomic E-state index is 12.6. The van der Waals surface area contributed by atoms with Crippen molar-refractivity contribution in [2.24, 2.45) is 5.92 Å². The first-order chi connectivity index (χ1) is 15.3. The van der Waals surface area contributed by atoms with Gasteiger partial charge in [0.15, 0.2) is 0 Å². The molecule has 2 N–H and O–H groups in total. The first kappa shape index (κ1) is 26.6. The fraction of sp³-hybridized carbons (Fsp3) is 0.480. The Bertz CT molecular complexity index is 926. The van der Waals surface area contributed by atoms with E-state index in [4.69, 9.17) is 0 Å². The van der Waals surface area contributed by atoms with E-state index < -0.39 is 4.92 Å². The fourth-order valence-electron chi connectivity index (χ4n) is 3.94. The molecule has 180 valence electrons. The number of hydrogen-bond donors (Lipinski definition) is 2. The lowest BCUT2D eigenvalue weighted by molar-refractivity contribution is -0.384. The number of halogens is 1. The van der Waals surface area contributed by atoms with E-state index in [2.05, 4.69) is 36.3 Å². The van der Waals surface area contributed by atoms with Crippen LogP contribution in [0.1, 0.15) is 61.9 Å². The summed E-state index contributed by atoms with van der Waals surface area (Å²) in [5, 5.41) is 17.6. The summed E-state index contributed by atoms with van der Waals surface area (Å²) in [5.74, 6) is 0.851. The number of carbonyl (C=O) groups is 1. The van der Waals surface area contributed by atoms with E-state index >= 15 is 0 Å². The van der Waals surface area contributed by atoms with E-state index in [0.717, 1.165) is 32.0 Å². The van der Waals surface area contributed by atoms with Crippen LogP contribution in [0.3, 0.4) is 0 Å². The summed E-state index contributed by atoms with van der Waals surface area (Å²) in [7, 11) is 0. The smallest absolute Gasteiger partial charge is 0.293 e. The number of benzene rings is 2. The normalized spacial score (nSPS) is 14.5. The second-order valence-electron chi connectivity index (χ2n) is 9.02. The SMILES string of the molecule is CC1CCN(CCCNc2ccc(C(=O)Nc3ccc(C(C)C)cc3)cc2[N+](=O)[O-])CC1.Cl. The minimum atomic E-state index is -0.442. The van der Waals surface area contributed by atoms with Gasteiger partial charge in [-0.1, -0.05) is 32.9 Å². The number of nitrogens with zero attached hydrogens (tertiary/aromatic N) is 2. The fourth-order valence-corrected chi connectivity index (χ4v) is 3.94. The van der Waals surface area contributed by atoms with E-state index in [9.17, 15) is 14.9 Å². The predicted octanol–water partition coefficient (Wildman–Crippen LogP) is 5.93. The Morgan fingerprint density at radius 3 is 2.42 bits per heavy atom. The number of carbonyl (C=O) groups excluding carboxylic acids is 1. The summed E-state index contributed by atoms with van der Waals surface area (Å²) >= 11 is 0. The molecule has 0 bridgehead atoms. The highest BCUT2D eigenvalue weighted by Crippen LogP contribution is 2.26. The molecule has 1 aliphatic rings. The minimum Gasteiger partial charge on any atom is -0.379 e. The van der Waals surface area contributed by atoms with Gasteiger partial charge in [0.1, 0.15) is 5.69 Å². The van der Waals surface area contributed by atoms with Crippen LogP contribution in [0.25, 0.3) is 0 Å². The molecule has 7 nitrogen and oxygen atoms in total. The average Bonchev–Trinajstić information content (AvgIpc) is 2.78. The first-order valence-electron chi connectivity index (χ1n) is 11.5. The van der Waals surface area contributed by atoms with Gasteiger partial charge in [-0.15, -0.1) is 12.4 Å². The highest BCUT2D eigenvalue weighted by molar-refractivity contribution is 6.05. The molecule has 1 heterocycles. The van der Waals surface area contributed by atoms with Crippen LogP contribution >= 0.6 is 12.4 Å². The van der Waals surface area contributed by atoms with E-state index in [-0.39, 0.29) is 29.6 Å². The molecular weight excluding hydrogens is 440 g/mol. The molecule has 0 radical (unpaired) electrons. The van der Waals surface area contributed by atoms with E-state index in [0.29, 0.717) is 23.8 Å². The number of amides is 1. The summed E-state index contributed by atoms with van der Waals surface area (Å²) in [4.78, 5) is 26.2. The lowest BCUT2D eigenvalue weighted by atomic mass is 9.99. The molecule has 0 saturated carbocycles. The third kappa shape index (κ3) is 7.72. The van der Waals surface area contributed by atoms with Crippen LogP contribution < -0.4 is 10.6 Å². The lowest BCUT2D eigenvalue weighted by Crippen LogP contribution is -2.34. The largest absolute Gasteiger partial charge is 0.379 e. The predicted molar refractivity (Wildman–Crippen MR) is 137 cm³/mol. The Morgan fingerprint density at radius 2 is 1.82 bits per heavy atom. The quantitative estimate of drug-likeness (QED) is 0.267. The highest BCUT2D eigenvalue weighted by Gasteiger charge is 2.18. The highest BCUT2D eigenvalue weighted by atomic mass is 35.5. The molecule has 1 saturated heterocycles. The van der Waals surface area contributed by atoms with Crippen LogP contribution in [-0.4, -0.2) is 41.9 Å². The Kier molecular flexibility index (Phi) is 10.1. The molecule has 33 heavy (non-hydrogen) atoms. The standard InChI is InChI=1S/C25H34N4O3.ClH/c1-18(2)20-5-8-22(9-6-20)27-25(30)21-7-10-23(24(17-21)29(31)32)26-13-4-14-28-15-11-19(3)12-16-28;/h5-10,17-19,26H,4,11-16H2,1-3H3,(H,27,30);1H. The molecule has 2 aromatic rings. The van der Waals surface area contributed by atoms with Gasteiger partial charge in [-0.05, 0) is 80.6 Å². The zero-order chi connectivity index (χ0) is 23.1. The van der Waals surface area contributed by atoms with Gasteiger partial charge in [-0.25, -0.2) is 0 Å². The van der Waals surface area contributed by atoms with Gasteiger partial charge in [0.2, 0.25) is 0 Å². The molecule has 3 rings (SSSR count). The molecule has 0 unspecified atom stereocenters. The Hall–Kier alpha value is -2.64. The number of piperidine rings is 1. The van der Waals surface area contributed by atoms with Crippen molar-refractivity contribution >= 4 is 35.4 Å². The zero-order valence-electron chi connectivity index (χ0n) is 19.7. The summed E-state index contributed by atoms with van der Waals surface area (Å²) in [6.07, 6.45) is 3.40. The van der Waals surface area contributed by atoms with Crippen LogP contribution in [0.2, 0.25) is 0 Å². The van der Waals surface area contributed by atoms with Gasteiger partial charge in [-0.3, -0.25) is 14.9 Å². The van der Waals surface area contributed by atoms with Gasteiger partial charge >= 0.3 is 0 Å². The summed E-state index contributed by atoms with van der Waals surface area (Å²) in [6, 6.07) is 12.2. The average molecular weight is 475 g/mol. The molecule has 0 aliphatic carbocycles. The van der Waals surface area contributed by atoms with Crippen LogP contribution in [-0.2, 0) is 0 Å². The number of nitrogens with one attached hydrogen (secondary N) is 2. The van der Waals surface area contributed by atoms with E-state index in [1.807, 2.05) is 24.3 Å². The number of nitro groups is 1. The second kappa shape index (κ2) is 12.6. The lowest BCUT2D eigenvalue weighted by Gasteiger charge is -2.30. The summed E-state index contributed by atoms with van der Waals surface area (Å²) in [6.45, 7) is 10.4. The van der Waals surface area contributed by atoms with E-state index in [1.54, 1.807) is 12.1 Å². The monoisotopic (exact) mass is 474 g/mol. The Balaban J connectivity index is 0.00000385. The van der Waals surface area contributed by atoms with Crippen LogP contribution in [0.4, 0.5) is 17.1 Å². The Morgan fingerprint density at radius 1 is 1.15 bits per heavy atom. The maximum Gasteiger partial charge on any atom is 0.293 e. The van der Waals surface area contributed by atoms with Crippen LogP contribution in [0, 0.1) is 16.0 Å². The minimum absolute atomic E-state index is 0. The zero-order valence-corrected chi connectivity index (χ0v) is 20.5. The van der Waals surface area contributed by atoms with Gasteiger partial charge in [0, 0.05) is 23.9 Å². The third-order valence-electron chi connectivity index (χ3n) is 6.13. The van der Waals surface area contributed by atoms with Gasteiger partial charge in [0.25, 0.3) is 11.6 Å². The van der Waals surface area contributed by atoms with Crippen LogP contribution in [0.15, 0.2) is 42.5 Å². The van der Waals surface area contributed by atoms with Crippen LogP contribution in [0.5, 0.6) is 0 Å². The number of likely N-dealkylation sites (tertiary alicyclic amines) is 1. The number of rotatable bonds is 9. The molecule has 1 amide bonds. The molecule has 0 atom stereocenters. The van der Waals surface area contributed by atoms with Crippen molar-refractivity contribution in [3.05, 3.63) is 63.7 Å². The third-order valence-corrected chi connectivity index (χ3v) is 6.13. The second-order valence-corrected chi connectivity index (χ2v) is 9.02. The van der Waals surface area contributed by atoms with Gasteiger partial charge in [-0.2, -0.15) is 0 Å². The molecular formula is C25H35ClN4O3. The summed E-state index contributed by atoms with van der Waals surface area (Å²) in [5.41, 5.74) is 2.47. The summed E-state index contributed by atoms with van der Waals surface area (Å²) < 4.78 is 0. The molecule has 8 heteroatoms. The molecule has 1 fully saturated rings. The molecule has 2 aromatic carbocycles. The van der Waals surface area contributed by atoms with Crippen molar-refractivity contribution in [3.63, 3.8) is 0 Å². The van der Waals surface area contributed by atoms with Gasteiger partial charge < -0.3 is 15.5 Å². The molecule has 0 aromatic heterocycles. The van der Waals surface area contributed by atoms with Crippen molar-refractivity contribution in [2.75, 3.05) is 36.8 Å². The van der Waals surface area contributed by atoms with Crippen molar-refractivity contribution in [2.45, 2.75) is 46.0 Å². The van der Waals surface area contributed by atoms with Crippen molar-refractivity contribution in [3.8, 4) is 0 Å². The van der Waals surface area contributed by atoms with Crippen molar-refractivity contribution < 1.29 is 9.72 Å². The molecule has 0 spiro atoms. The number of nitro benzene ring substituents is 1. The topological polar surface area (TPSA) is 87.5 Å². The number of hydrogen-bond acceptors (Lipinski definition) is 5.